The van der Waals surface area contributed by atoms with Gasteiger partial charge in [0.2, 0.25) is 0 Å². The third-order valence-corrected chi connectivity index (χ3v) is 6.00. The van der Waals surface area contributed by atoms with Gasteiger partial charge in [0.15, 0.2) is 6.54 Å². The predicted molar refractivity (Wildman–Crippen MR) is 92.5 cm³/mol. The first-order chi connectivity index (χ1) is 12.0. The van der Waals surface area contributed by atoms with E-state index in [1.165, 1.54) is 24.2 Å². The summed E-state index contributed by atoms with van der Waals surface area (Å²) in [7, 11) is 0. The zero-order valence-electron chi connectivity index (χ0n) is 15.2. The van der Waals surface area contributed by atoms with Crippen molar-refractivity contribution in [3.05, 3.63) is 0 Å². The molecular weight excluding hydrogens is 320 g/mol. The Balaban J connectivity index is 1.55. The number of hydrogen-bond donors (Lipinski definition) is 3. The van der Waals surface area contributed by atoms with Crippen molar-refractivity contribution >= 4 is 17.8 Å². The predicted octanol–water partition coefficient (Wildman–Crippen LogP) is 0.367. The Labute approximate surface area is 149 Å². The van der Waals surface area contributed by atoms with Gasteiger partial charge in [0.25, 0.3) is 11.8 Å². The van der Waals surface area contributed by atoms with E-state index in [1.54, 1.807) is 0 Å². The summed E-state index contributed by atoms with van der Waals surface area (Å²) in [6.45, 7) is 4.45. The summed E-state index contributed by atoms with van der Waals surface area (Å²) in [5.74, 6) is 0.0374. The molecule has 0 atom stereocenters. The number of carbonyl (C=O) groups is 3. The fourth-order valence-corrected chi connectivity index (χ4v) is 4.29. The monoisotopic (exact) mass is 351 g/mol. The smallest absolute Gasteiger partial charge is 0.327 e. The minimum atomic E-state index is -0.801. The average Bonchev–Trinajstić information content (AvgIpc) is 2.77. The molecule has 4 amide bonds. The Morgan fingerprint density at radius 2 is 1.76 bits per heavy atom. The molecule has 3 rings (SSSR count). The SMILES string of the molecule is CC1CCC2(CC1)NC(=O)N(NC(=O)C[NH+]1CCCCCCC1)C2=O. The topological polar surface area (TPSA) is 83.0 Å². The van der Waals surface area contributed by atoms with Gasteiger partial charge in [0.05, 0.1) is 13.1 Å². The lowest BCUT2D eigenvalue weighted by molar-refractivity contribution is -0.893. The van der Waals surface area contributed by atoms with Crippen LogP contribution < -0.4 is 15.6 Å². The van der Waals surface area contributed by atoms with Crippen LogP contribution in [0.3, 0.4) is 0 Å². The quantitative estimate of drug-likeness (QED) is 0.643. The number of carbonyl (C=O) groups excluding carboxylic acids is 3. The van der Waals surface area contributed by atoms with E-state index < -0.39 is 11.6 Å². The number of hydrazine groups is 1. The molecule has 140 valence electrons. The molecule has 2 aliphatic heterocycles. The molecule has 3 fully saturated rings. The van der Waals surface area contributed by atoms with Gasteiger partial charge in [-0.1, -0.05) is 13.3 Å². The van der Waals surface area contributed by atoms with Crippen LogP contribution in [-0.2, 0) is 9.59 Å². The van der Waals surface area contributed by atoms with Crippen molar-refractivity contribution in [3.63, 3.8) is 0 Å². The van der Waals surface area contributed by atoms with Crippen LogP contribution in [0.1, 0.15) is 64.7 Å². The number of rotatable bonds is 3. The first kappa shape index (κ1) is 18.2. The molecule has 0 aromatic carbocycles. The molecule has 1 saturated carbocycles. The molecule has 7 nitrogen and oxygen atoms in total. The van der Waals surface area contributed by atoms with Gasteiger partial charge in [-0.3, -0.25) is 15.0 Å². The van der Waals surface area contributed by atoms with Crippen LogP contribution in [-0.4, -0.2) is 48.0 Å². The van der Waals surface area contributed by atoms with Gasteiger partial charge in [-0.15, -0.1) is 0 Å². The lowest BCUT2D eigenvalue weighted by atomic mass is 9.77. The molecule has 1 spiro atoms. The second kappa shape index (κ2) is 7.72. The van der Waals surface area contributed by atoms with Gasteiger partial charge in [-0.05, 0) is 57.3 Å². The molecular formula is C18H31N4O3+. The third kappa shape index (κ3) is 4.14. The molecule has 3 aliphatic rings. The molecule has 1 aliphatic carbocycles. The summed E-state index contributed by atoms with van der Waals surface area (Å²) in [6.07, 6.45) is 9.14. The molecule has 0 aromatic rings. The highest BCUT2D eigenvalue weighted by atomic mass is 16.2. The van der Waals surface area contributed by atoms with Crippen LogP contribution >= 0.6 is 0 Å². The van der Waals surface area contributed by atoms with Crippen molar-refractivity contribution < 1.29 is 19.3 Å². The van der Waals surface area contributed by atoms with Crippen LogP contribution in [0.2, 0.25) is 0 Å². The van der Waals surface area contributed by atoms with Gasteiger partial charge in [-0.25, -0.2) is 4.79 Å². The van der Waals surface area contributed by atoms with E-state index in [9.17, 15) is 14.4 Å². The summed E-state index contributed by atoms with van der Waals surface area (Å²) in [4.78, 5) is 38.6. The molecule has 7 heteroatoms. The lowest BCUT2D eigenvalue weighted by Crippen LogP contribution is -3.13. The molecule has 0 unspecified atom stereocenters. The van der Waals surface area contributed by atoms with Crippen molar-refractivity contribution in [1.29, 1.82) is 0 Å². The molecule has 0 aromatic heterocycles. The lowest BCUT2D eigenvalue weighted by Gasteiger charge is -2.33. The minimum Gasteiger partial charge on any atom is -0.327 e. The highest BCUT2D eigenvalue weighted by molar-refractivity contribution is 6.08. The van der Waals surface area contributed by atoms with Crippen LogP contribution in [0.25, 0.3) is 0 Å². The van der Waals surface area contributed by atoms with E-state index >= 15 is 0 Å². The Hall–Kier alpha value is -1.63. The normalized spacial score (nSPS) is 31.6. The fourth-order valence-electron chi connectivity index (χ4n) is 4.29. The van der Waals surface area contributed by atoms with Crippen LogP contribution in [0.4, 0.5) is 4.79 Å². The number of likely N-dealkylation sites (tertiary alicyclic amines) is 1. The van der Waals surface area contributed by atoms with E-state index in [0.717, 1.165) is 43.8 Å². The first-order valence-electron chi connectivity index (χ1n) is 9.80. The second-order valence-corrected chi connectivity index (χ2v) is 8.06. The largest absolute Gasteiger partial charge is 0.344 e. The van der Waals surface area contributed by atoms with Crippen molar-refractivity contribution in [2.75, 3.05) is 19.6 Å². The van der Waals surface area contributed by atoms with E-state index in [-0.39, 0.29) is 11.8 Å². The molecule has 2 saturated heterocycles. The standard InChI is InChI=1S/C18H30N4O3/c1-14-7-9-18(10-8-14)16(24)22(17(25)19-18)20-15(23)13-21-11-5-3-2-4-6-12-21/h14H,2-13H2,1H3,(H,19,25)(H,20,23)/p+1. The van der Waals surface area contributed by atoms with Crippen molar-refractivity contribution in [2.45, 2.75) is 70.3 Å². The number of nitrogens with zero attached hydrogens (tertiary/aromatic N) is 1. The van der Waals surface area contributed by atoms with Crippen LogP contribution in [0.15, 0.2) is 0 Å². The molecule has 25 heavy (non-hydrogen) atoms. The van der Waals surface area contributed by atoms with Crippen molar-refractivity contribution in [2.24, 2.45) is 5.92 Å². The summed E-state index contributed by atoms with van der Waals surface area (Å²) >= 11 is 0. The molecule has 3 N–H and O–H groups in total. The van der Waals surface area contributed by atoms with E-state index in [1.807, 2.05) is 0 Å². The van der Waals surface area contributed by atoms with Crippen molar-refractivity contribution in [1.82, 2.24) is 15.8 Å². The Morgan fingerprint density at radius 3 is 2.40 bits per heavy atom. The first-order valence-corrected chi connectivity index (χ1v) is 9.80. The Kier molecular flexibility index (Phi) is 5.61. The highest BCUT2D eigenvalue weighted by Crippen LogP contribution is 2.35. The van der Waals surface area contributed by atoms with Crippen LogP contribution in [0, 0.1) is 5.92 Å². The fraction of sp³-hybridized carbons (Fsp3) is 0.833. The van der Waals surface area contributed by atoms with Gasteiger partial charge < -0.3 is 10.2 Å². The number of hydrogen-bond acceptors (Lipinski definition) is 3. The third-order valence-electron chi connectivity index (χ3n) is 6.00. The van der Waals surface area contributed by atoms with E-state index in [4.69, 9.17) is 0 Å². The minimum absolute atomic E-state index is 0.250. The summed E-state index contributed by atoms with van der Waals surface area (Å²) in [5.41, 5.74) is 1.76. The van der Waals surface area contributed by atoms with Gasteiger partial charge >= 0.3 is 6.03 Å². The zero-order valence-corrected chi connectivity index (χ0v) is 15.2. The average molecular weight is 351 g/mol. The summed E-state index contributed by atoms with van der Waals surface area (Å²) < 4.78 is 0. The highest BCUT2D eigenvalue weighted by Gasteiger charge is 2.53. The van der Waals surface area contributed by atoms with E-state index in [0.29, 0.717) is 25.3 Å². The maximum atomic E-state index is 12.7. The number of urea groups is 1. The van der Waals surface area contributed by atoms with Gasteiger partial charge in [-0.2, -0.15) is 5.01 Å². The molecule has 0 radical (unpaired) electrons. The maximum Gasteiger partial charge on any atom is 0.344 e. The number of amides is 4. The maximum absolute atomic E-state index is 12.7. The summed E-state index contributed by atoms with van der Waals surface area (Å²) in [5, 5.41) is 3.75. The Bertz CT molecular complexity index is 520. The van der Waals surface area contributed by atoms with Gasteiger partial charge in [0, 0.05) is 0 Å². The zero-order chi connectivity index (χ0) is 17.9. The number of quaternary nitrogens is 1. The Morgan fingerprint density at radius 1 is 1.16 bits per heavy atom. The number of nitrogens with one attached hydrogen (secondary N) is 3. The molecule has 0 bridgehead atoms. The molecule has 2 heterocycles. The summed E-state index contributed by atoms with van der Waals surface area (Å²) in [6, 6.07) is -0.490. The van der Waals surface area contributed by atoms with E-state index in [2.05, 4.69) is 17.7 Å². The van der Waals surface area contributed by atoms with Gasteiger partial charge in [0.1, 0.15) is 5.54 Å². The van der Waals surface area contributed by atoms with Crippen molar-refractivity contribution in [3.8, 4) is 0 Å². The second-order valence-electron chi connectivity index (χ2n) is 8.06. The number of imide groups is 1. The van der Waals surface area contributed by atoms with Crippen LogP contribution in [0.5, 0.6) is 0 Å².